The molecule has 0 aliphatic carbocycles. The van der Waals surface area contributed by atoms with E-state index in [4.69, 9.17) is 4.74 Å². The number of hydrogen-bond donors (Lipinski definition) is 1. The van der Waals surface area contributed by atoms with Gasteiger partial charge >= 0.3 is 0 Å². The van der Waals surface area contributed by atoms with Crippen LogP contribution in [0.1, 0.15) is 26.4 Å². The van der Waals surface area contributed by atoms with E-state index in [1.54, 1.807) is 18.6 Å². The maximum Gasteiger partial charge on any atom is 0.270 e. The Morgan fingerprint density at radius 2 is 1.71 bits per heavy atom. The van der Waals surface area contributed by atoms with Gasteiger partial charge in [0.2, 0.25) is 5.78 Å². The Morgan fingerprint density at radius 1 is 1.03 bits per heavy atom. The zero-order valence-electron chi connectivity index (χ0n) is 17.2. The molecule has 4 rings (SSSR count). The van der Waals surface area contributed by atoms with Crippen molar-refractivity contribution in [1.29, 1.82) is 0 Å². The predicted octanol–water partition coefficient (Wildman–Crippen LogP) is 4.23. The quantitative estimate of drug-likeness (QED) is 0.564. The third kappa shape index (κ3) is 4.22. The molecule has 0 spiro atoms. The second-order valence-electron chi connectivity index (χ2n) is 7.20. The molecule has 1 N–H and O–H groups in total. The fourth-order valence-electron chi connectivity index (χ4n) is 3.32. The Bertz CT molecular complexity index is 1230. The molecule has 0 amide bonds. The lowest BCUT2D eigenvalue weighted by atomic mass is 10.1. The van der Waals surface area contributed by atoms with E-state index in [1.807, 2.05) is 55.5 Å². The molecule has 0 bridgehead atoms. The highest BCUT2D eigenvalue weighted by Gasteiger charge is 2.41. The summed E-state index contributed by atoms with van der Waals surface area (Å²) in [6, 6.07) is 16.8. The largest absolute Gasteiger partial charge is 0.497 e. The van der Waals surface area contributed by atoms with Gasteiger partial charge < -0.3 is 10.1 Å². The van der Waals surface area contributed by atoms with Gasteiger partial charge in [-0.1, -0.05) is 42.0 Å². The first-order valence-electron chi connectivity index (χ1n) is 9.67. The molecule has 0 radical (unpaired) electrons. The summed E-state index contributed by atoms with van der Waals surface area (Å²) in [6.45, 7) is 2.52. The first-order chi connectivity index (χ1) is 14.9. The van der Waals surface area contributed by atoms with E-state index in [0.717, 1.165) is 22.4 Å². The van der Waals surface area contributed by atoms with Gasteiger partial charge in [-0.15, -0.1) is 11.3 Å². The fourth-order valence-corrected chi connectivity index (χ4v) is 5.83. The second kappa shape index (κ2) is 8.56. The van der Waals surface area contributed by atoms with Gasteiger partial charge in [0.05, 0.1) is 19.3 Å². The summed E-state index contributed by atoms with van der Waals surface area (Å²) < 4.78 is 33.2. The maximum absolute atomic E-state index is 13.4. The van der Waals surface area contributed by atoms with Crippen LogP contribution in [0.15, 0.2) is 71.1 Å². The number of hydrogen-bond acceptors (Lipinski definition) is 6. The minimum atomic E-state index is -4.00. The Balaban J connectivity index is 1.62. The number of ether oxygens (including phenoxy) is 1. The van der Waals surface area contributed by atoms with E-state index >= 15 is 0 Å². The number of carbonyl (C=O) groups excluding carboxylic acids is 1. The lowest BCUT2D eigenvalue weighted by molar-refractivity contribution is 0.104. The molecule has 1 aromatic heterocycles. The number of nitrogens with zero attached hydrogens (tertiary/aromatic N) is 1. The molecule has 0 saturated heterocycles. The monoisotopic (exact) mass is 454 g/mol. The van der Waals surface area contributed by atoms with Crippen molar-refractivity contribution in [2.24, 2.45) is 0 Å². The number of allylic oxidation sites excluding steroid dienone is 1. The van der Waals surface area contributed by atoms with Crippen molar-refractivity contribution in [3.05, 3.63) is 92.6 Å². The molecule has 3 aromatic rings. The van der Waals surface area contributed by atoms with E-state index < -0.39 is 15.8 Å². The van der Waals surface area contributed by atoms with Crippen LogP contribution in [0, 0.1) is 6.92 Å². The van der Waals surface area contributed by atoms with Gasteiger partial charge in [-0.3, -0.25) is 9.10 Å². The molecule has 0 unspecified atom stereocenters. The molecule has 8 heteroatoms. The van der Waals surface area contributed by atoms with E-state index in [-0.39, 0.29) is 11.4 Å². The third-order valence-electron chi connectivity index (χ3n) is 5.06. The van der Waals surface area contributed by atoms with E-state index in [1.165, 1.54) is 21.8 Å². The molecular formula is C23H22N2O4S2. The van der Waals surface area contributed by atoms with Crippen molar-refractivity contribution in [2.45, 2.75) is 20.0 Å². The number of benzene rings is 2. The molecule has 160 valence electrons. The van der Waals surface area contributed by atoms with Gasteiger partial charge in [-0.05, 0) is 41.6 Å². The van der Waals surface area contributed by atoms with Crippen LogP contribution in [0.3, 0.4) is 0 Å². The van der Waals surface area contributed by atoms with Crippen molar-refractivity contribution >= 4 is 32.8 Å². The van der Waals surface area contributed by atoms with Crippen LogP contribution in [0.5, 0.6) is 5.75 Å². The van der Waals surface area contributed by atoms with E-state index in [2.05, 4.69) is 5.32 Å². The Kier molecular flexibility index (Phi) is 5.84. The van der Waals surface area contributed by atoms with E-state index in [9.17, 15) is 13.2 Å². The van der Waals surface area contributed by atoms with Crippen LogP contribution in [0.2, 0.25) is 0 Å². The van der Waals surface area contributed by atoms with Gasteiger partial charge in [-0.2, -0.15) is 0 Å². The molecule has 1 aliphatic rings. The zero-order chi connectivity index (χ0) is 22.0. The Morgan fingerprint density at radius 3 is 2.39 bits per heavy atom. The Labute approximate surface area is 185 Å². The van der Waals surface area contributed by atoms with Crippen molar-refractivity contribution in [3.8, 4) is 5.75 Å². The SMILES string of the molecule is COc1ccc(CN/C=C2/C(=O)c3sccc3N(Cc3ccc(C)cc3)S2(=O)=O)cc1. The summed E-state index contributed by atoms with van der Waals surface area (Å²) >= 11 is 1.25. The average molecular weight is 455 g/mol. The molecular weight excluding hydrogens is 432 g/mol. The lowest BCUT2D eigenvalue weighted by Gasteiger charge is -2.29. The highest BCUT2D eigenvalue weighted by atomic mass is 32.2. The number of nitrogens with one attached hydrogen (secondary N) is 1. The number of thiophene rings is 1. The molecule has 0 atom stereocenters. The van der Waals surface area contributed by atoms with Gasteiger partial charge in [0.15, 0.2) is 4.91 Å². The first-order valence-corrected chi connectivity index (χ1v) is 12.0. The van der Waals surface area contributed by atoms with Crippen LogP contribution < -0.4 is 14.4 Å². The summed E-state index contributed by atoms with van der Waals surface area (Å²) in [5.41, 5.74) is 3.32. The molecule has 0 fully saturated rings. The van der Waals surface area contributed by atoms with Gasteiger partial charge in [0.25, 0.3) is 10.0 Å². The molecule has 2 aromatic carbocycles. The van der Waals surface area contributed by atoms with Crippen LogP contribution in [-0.4, -0.2) is 21.3 Å². The maximum atomic E-state index is 13.4. The number of rotatable bonds is 6. The van der Waals surface area contributed by atoms with Crippen molar-refractivity contribution in [1.82, 2.24) is 5.32 Å². The number of carbonyl (C=O) groups is 1. The van der Waals surface area contributed by atoms with E-state index in [0.29, 0.717) is 17.1 Å². The standard InChI is InChI=1S/C23H22N2O4S2/c1-16-3-5-18(6-4-16)15-25-20-11-12-30-23(20)22(26)21(31(25,27)28)14-24-13-17-7-9-19(29-2)10-8-17/h3-12,14,24H,13,15H2,1-2H3/b21-14-. The van der Waals surface area contributed by atoms with Crippen molar-refractivity contribution in [3.63, 3.8) is 0 Å². The number of Topliss-reactive ketones (excluding diaryl/α,β-unsaturated/α-hetero) is 1. The topological polar surface area (TPSA) is 75.7 Å². The predicted molar refractivity (Wildman–Crippen MR) is 123 cm³/mol. The number of aryl methyl sites for hydroxylation is 1. The molecule has 0 saturated carbocycles. The highest BCUT2D eigenvalue weighted by molar-refractivity contribution is 7.97. The second-order valence-corrected chi connectivity index (χ2v) is 9.95. The summed E-state index contributed by atoms with van der Waals surface area (Å²) in [6.07, 6.45) is 1.31. The number of anilines is 1. The molecule has 6 nitrogen and oxygen atoms in total. The smallest absolute Gasteiger partial charge is 0.270 e. The van der Waals surface area contributed by atoms with Crippen LogP contribution in [0.4, 0.5) is 5.69 Å². The summed E-state index contributed by atoms with van der Waals surface area (Å²) in [5, 5.41) is 4.73. The number of sulfonamides is 1. The van der Waals surface area contributed by atoms with Crippen LogP contribution in [-0.2, 0) is 23.1 Å². The first kappa shape index (κ1) is 21.1. The summed E-state index contributed by atoms with van der Waals surface area (Å²) in [5.74, 6) is 0.261. The minimum absolute atomic E-state index is 0.162. The van der Waals surface area contributed by atoms with Crippen molar-refractivity contribution < 1.29 is 17.9 Å². The zero-order valence-corrected chi connectivity index (χ0v) is 18.8. The lowest BCUT2D eigenvalue weighted by Crippen LogP contribution is -2.38. The van der Waals surface area contributed by atoms with Crippen LogP contribution in [0.25, 0.3) is 0 Å². The molecule has 2 heterocycles. The molecule has 1 aliphatic heterocycles. The van der Waals surface area contributed by atoms with Crippen molar-refractivity contribution in [2.75, 3.05) is 11.4 Å². The number of methoxy groups -OCH3 is 1. The minimum Gasteiger partial charge on any atom is -0.497 e. The van der Waals surface area contributed by atoms with Gasteiger partial charge in [0.1, 0.15) is 10.6 Å². The molecule has 31 heavy (non-hydrogen) atoms. The highest BCUT2D eigenvalue weighted by Crippen LogP contribution is 2.39. The average Bonchev–Trinajstić information content (AvgIpc) is 3.25. The number of ketones is 1. The summed E-state index contributed by atoms with van der Waals surface area (Å²) in [7, 11) is -2.41. The van der Waals surface area contributed by atoms with Crippen LogP contribution >= 0.6 is 11.3 Å². The van der Waals surface area contributed by atoms with Gasteiger partial charge in [-0.25, -0.2) is 8.42 Å². The fraction of sp³-hybridized carbons (Fsp3) is 0.174. The summed E-state index contributed by atoms with van der Waals surface area (Å²) in [4.78, 5) is 13.1. The third-order valence-corrected chi connectivity index (χ3v) is 7.72. The number of fused-ring (bicyclic) bond motifs is 1. The Hall–Kier alpha value is -3.10. The normalized spacial score (nSPS) is 16.3. The van der Waals surface area contributed by atoms with Gasteiger partial charge in [0, 0.05) is 12.7 Å².